The molecule has 0 bridgehead atoms. The molecule has 0 spiro atoms. The number of rotatable bonds is 8. The van der Waals surface area contributed by atoms with Crippen molar-refractivity contribution in [1.29, 1.82) is 5.26 Å². The number of amides is 1. The average Bonchev–Trinajstić information content (AvgIpc) is 3.19. The third-order valence-corrected chi connectivity index (χ3v) is 6.25. The van der Waals surface area contributed by atoms with E-state index in [9.17, 15) is 24.0 Å². The van der Waals surface area contributed by atoms with Gasteiger partial charge in [-0.2, -0.15) is 5.26 Å². The molecule has 7 heteroatoms. The second-order valence-corrected chi connectivity index (χ2v) is 10.3. The summed E-state index contributed by atoms with van der Waals surface area (Å²) in [4.78, 5) is 41.2. The Morgan fingerprint density at radius 3 is 2.70 bits per heavy atom. The van der Waals surface area contributed by atoms with Crippen molar-refractivity contribution in [3.8, 4) is 6.07 Å². The van der Waals surface area contributed by atoms with Crippen molar-refractivity contribution >= 4 is 28.4 Å². The Morgan fingerprint density at radius 1 is 1.30 bits per heavy atom. The zero-order chi connectivity index (χ0) is 24.2. The zero-order valence-corrected chi connectivity index (χ0v) is 19.5. The number of nitrogens with one attached hydrogen (secondary N) is 2. The number of H-pyrrole nitrogens is 1. The molecule has 1 heterocycles. The minimum absolute atomic E-state index is 0.0575. The van der Waals surface area contributed by atoms with Crippen LogP contribution in [0.1, 0.15) is 76.2 Å². The molecule has 1 fully saturated rings. The zero-order valence-electron chi connectivity index (χ0n) is 19.5. The van der Waals surface area contributed by atoms with Gasteiger partial charge in [-0.1, -0.05) is 33.3 Å². The van der Waals surface area contributed by atoms with Crippen LogP contribution in [0.2, 0.25) is 0 Å². The Labute approximate surface area is 193 Å². The van der Waals surface area contributed by atoms with Crippen molar-refractivity contribution in [2.45, 2.75) is 71.8 Å². The maximum Gasteiger partial charge on any atom is 0.224 e. The van der Waals surface area contributed by atoms with Crippen LogP contribution in [0.25, 0.3) is 10.9 Å². The first-order valence-electron chi connectivity index (χ1n) is 11.6. The lowest BCUT2D eigenvalue weighted by molar-refractivity contribution is -0.128. The van der Waals surface area contributed by atoms with Crippen LogP contribution in [0, 0.1) is 34.4 Å². The van der Waals surface area contributed by atoms with E-state index in [0.717, 1.165) is 19.3 Å². The molecule has 0 radical (unpaired) electrons. The molecule has 33 heavy (non-hydrogen) atoms. The number of hydrogen-bond donors (Lipinski definition) is 2. The van der Waals surface area contributed by atoms with Crippen LogP contribution in [0.15, 0.2) is 24.3 Å². The normalized spacial score (nSPS) is 18.5. The summed E-state index contributed by atoms with van der Waals surface area (Å²) in [7, 11) is 0. The van der Waals surface area contributed by atoms with E-state index >= 15 is 0 Å². The summed E-state index contributed by atoms with van der Waals surface area (Å²) in [5.41, 5.74) is 0.555. The summed E-state index contributed by atoms with van der Waals surface area (Å²) in [6, 6.07) is 7.41. The van der Waals surface area contributed by atoms with Crippen LogP contribution < -0.4 is 5.32 Å². The minimum Gasteiger partial charge on any atom is -0.352 e. The summed E-state index contributed by atoms with van der Waals surface area (Å²) >= 11 is 0. The van der Waals surface area contributed by atoms with Crippen LogP contribution >= 0.6 is 0 Å². The summed E-state index contributed by atoms with van der Waals surface area (Å²) in [6.45, 7) is 5.95. The molecule has 176 valence electrons. The Balaban J connectivity index is 1.72. The molecule has 6 nitrogen and oxygen atoms in total. The van der Waals surface area contributed by atoms with Crippen molar-refractivity contribution < 1.29 is 18.8 Å². The van der Waals surface area contributed by atoms with Gasteiger partial charge in [-0.15, -0.1) is 0 Å². The molecular formula is C26H32FN3O3. The molecule has 1 aromatic carbocycles. The second-order valence-electron chi connectivity index (χ2n) is 10.3. The van der Waals surface area contributed by atoms with E-state index in [1.54, 1.807) is 12.1 Å². The Morgan fingerprint density at radius 2 is 2.06 bits per heavy atom. The molecule has 1 aliphatic carbocycles. The van der Waals surface area contributed by atoms with Gasteiger partial charge in [-0.3, -0.25) is 14.4 Å². The quantitative estimate of drug-likeness (QED) is 0.543. The lowest BCUT2D eigenvalue weighted by atomic mass is 9.81. The number of Topliss-reactive ketones (excluding diaryl/α,β-unsaturated/α-hetero) is 2. The Kier molecular flexibility index (Phi) is 7.68. The highest BCUT2D eigenvalue weighted by molar-refractivity contribution is 6.01. The van der Waals surface area contributed by atoms with Gasteiger partial charge in [0.25, 0.3) is 0 Å². The number of carbonyl (C=O) groups is 3. The second kappa shape index (κ2) is 10.3. The molecule has 1 saturated carbocycles. The van der Waals surface area contributed by atoms with E-state index < -0.39 is 17.8 Å². The number of carbonyl (C=O) groups excluding carboxylic acids is 3. The highest BCUT2D eigenvalue weighted by atomic mass is 19.1. The molecule has 3 atom stereocenters. The van der Waals surface area contributed by atoms with Gasteiger partial charge >= 0.3 is 0 Å². The molecule has 3 rings (SSSR count). The molecule has 1 aromatic heterocycles. The summed E-state index contributed by atoms with van der Waals surface area (Å²) in [6.07, 6.45) is 3.80. The number of aromatic amines is 1. The van der Waals surface area contributed by atoms with Gasteiger partial charge in [0.2, 0.25) is 5.91 Å². The molecular weight excluding hydrogens is 421 g/mol. The molecule has 0 saturated heterocycles. The van der Waals surface area contributed by atoms with E-state index in [-0.39, 0.29) is 40.9 Å². The van der Waals surface area contributed by atoms with E-state index in [0.29, 0.717) is 30.2 Å². The van der Waals surface area contributed by atoms with Crippen molar-refractivity contribution in [2.75, 3.05) is 0 Å². The van der Waals surface area contributed by atoms with E-state index in [1.165, 1.54) is 12.1 Å². The Bertz CT molecular complexity index is 1080. The van der Waals surface area contributed by atoms with E-state index in [1.807, 2.05) is 20.8 Å². The minimum atomic E-state index is -0.774. The molecule has 2 aromatic rings. The molecule has 2 N–H and O–H groups in total. The topological polar surface area (TPSA) is 103 Å². The fourth-order valence-corrected chi connectivity index (χ4v) is 4.62. The van der Waals surface area contributed by atoms with Crippen LogP contribution in [0.4, 0.5) is 4.39 Å². The average molecular weight is 454 g/mol. The van der Waals surface area contributed by atoms with Gasteiger partial charge < -0.3 is 10.3 Å². The van der Waals surface area contributed by atoms with Gasteiger partial charge in [0.15, 0.2) is 5.78 Å². The summed E-state index contributed by atoms with van der Waals surface area (Å²) in [5.74, 6) is -1.76. The van der Waals surface area contributed by atoms with E-state index in [4.69, 9.17) is 0 Å². The third-order valence-electron chi connectivity index (χ3n) is 6.25. The third kappa shape index (κ3) is 6.50. The number of ketones is 2. The Hall–Kier alpha value is -3.01. The van der Waals surface area contributed by atoms with Crippen LogP contribution in [0.5, 0.6) is 0 Å². The van der Waals surface area contributed by atoms with Crippen LogP contribution in [-0.2, 0) is 9.59 Å². The summed E-state index contributed by atoms with van der Waals surface area (Å²) < 4.78 is 14.0. The highest BCUT2D eigenvalue weighted by Gasteiger charge is 2.31. The van der Waals surface area contributed by atoms with Crippen molar-refractivity contribution in [3.05, 3.63) is 35.8 Å². The maximum atomic E-state index is 14.0. The van der Waals surface area contributed by atoms with E-state index in [2.05, 4.69) is 16.4 Å². The largest absolute Gasteiger partial charge is 0.352 e. The van der Waals surface area contributed by atoms with Gasteiger partial charge in [-0.05, 0) is 49.3 Å². The lowest BCUT2D eigenvalue weighted by Gasteiger charge is -2.27. The number of halogens is 1. The lowest BCUT2D eigenvalue weighted by Crippen LogP contribution is -2.42. The molecule has 1 amide bonds. The molecule has 1 aliphatic rings. The first kappa shape index (κ1) is 24.6. The number of hydrogen-bond acceptors (Lipinski definition) is 4. The fraction of sp³-hybridized carbons (Fsp3) is 0.538. The van der Waals surface area contributed by atoms with Gasteiger partial charge in [0.1, 0.15) is 17.6 Å². The van der Waals surface area contributed by atoms with Crippen molar-refractivity contribution in [2.24, 2.45) is 17.3 Å². The molecule has 0 unspecified atom stereocenters. The predicted octanol–water partition coefficient (Wildman–Crippen LogP) is 5.09. The first-order valence-corrected chi connectivity index (χ1v) is 11.6. The van der Waals surface area contributed by atoms with Gasteiger partial charge in [0.05, 0.1) is 11.8 Å². The van der Waals surface area contributed by atoms with Gasteiger partial charge in [-0.25, -0.2) is 4.39 Å². The predicted molar refractivity (Wildman–Crippen MR) is 124 cm³/mol. The maximum absolute atomic E-state index is 14.0. The van der Waals surface area contributed by atoms with Crippen LogP contribution in [-0.4, -0.2) is 28.5 Å². The molecule has 0 aliphatic heterocycles. The summed E-state index contributed by atoms with van der Waals surface area (Å²) in [5, 5.41) is 12.7. The number of aromatic nitrogens is 1. The van der Waals surface area contributed by atoms with Crippen LogP contribution in [0.3, 0.4) is 0 Å². The number of fused-ring (bicyclic) bond motifs is 1. The monoisotopic (exact) mass is 453 g/mol. The number of benzene rings is 1. The highest BCUT2D eigenvalue weighted by Crippen LogP contribution is 2.29. The fourth-order valence-electron chi connectivity index (χ4n) is 4.62. The SMILES string of the molecule is CC(C)(C)C[C@H](CC(=O)c1cc2c(F)cccc2[nH]1)C(=O)N[C@H](C#N)C[C@@H]1CCCCC1=O. The number of nitrogens with zero attached hydrogens (tertiary/aromatic N) is 1. The smallest absolute Gasteiger partial charge is 0.224 e. The van der Waals surface area contributed by atoms with Crippen molar-refractivity contribution in [1.82, 2.24) is 10.3 Å². The first-order chi connectivity index (χ1) is 15.6. The standard InChI is InChI=1S/C26H32FN3O3/c1-26(2,3)14-17(12-24(32)22-13-19-20(27)8-6-9-21(19)30-22)25(33)29-18(15-28)11-16-7-4-5-10-23(16)31/h6,8-9,13,16-18,30H,4-5,7,10-12,14H2,1-3H3,(H,29,33)/t16-,17-,18-/m0/s1. The number of nitriles is 1. The van der Waals surface area contributed by atoms with Crippen molar-refractivity contribution in [3.63, 3.8) is 0 Å². The van der Waals surface area contributed by atoms with Gasteiger partial charge in [0, 0.05) is 35.6 Å².